The standard InChI is InChI=1S/C43H28/c1-43(2)39-15-4-3-10-30(39)38-23-28-19-17-25-16-18-27(22-36(25)37(28)24-40(38)43)29-20-21-35-33-12-6-9-26-8-5-11-32(41(26)33)34-14-7-13-31(29)42(34)35/h3-24H,1-2H3. The second-order valence-corrected chi connectivity index (χ2v) is 12.9. The van der Waals surface area contributed by atoms with E-state index in [-0.39, 0.29) is 5.41 Å². The Morgan fingerprint density at radius 1 is 0.349 bits per heavy atom. The maximum Gasteiger partial charge on any atom is 0.0159 e. The minimum atomic E-state index is -0.0186. The van der Waals surface area contributed by atoms with Gasteiger partial charge in [-0.05, 0) is 116 Å². The molecule has 0 atom stereocenters. The molecule has 0 bridgehead atoms. The van der Waals surface area contributed by atoms with Gasteiger partial charge in [-0.3, -0.25) is 0 Å². The third-order valence-electron chi connectivity index (χ3n) is 10.4. The molecule has 0 radical (unpaired) electrons. The van der Waals surface area contributed by atoms with Gasteiger partial charge in [-0.1, -0.05) is 129 Å². The van der Waals surface area contributed by atoms with Gasteiger partial charge in [0.25, 0.3) is 0 Å². The van der Waals surface area contributed by atoms with Crippen molar-refractivity contribution in [3.63, 3.8) is 0 Å². The van der Waals surface area contributed by atoms with E-state index in [0.717, 1.165) is 0 Å². The van der Waals surface area contributed by atoms with Crippen molar-refractivity contribution in [3.05, 3.63) is 145 Å². The minimum absolute atomic E-state index is 0.0186. The van der Waals surface area contributed by atoms with Gasteiger partial charge in [0.1, 0.15) is 0 Å². The number of benzene rings is 9. The molecule has 9 aromatic carbocycles. The zero-order valence-corrected chi connectivity index (χ0v) is 24.2. The lowest BCUT2D eigenvalue weighted by Crippen LogP contribution is -2.14. The van der Waals surface area contributed by atoms with Gasteiger partial charge in [-0.2, -0.15) is 0 Å². The van der Waals surface area contributed by atoms with Crippen LogP contribution in [0, 0.1) is 0 Å². The topological polar surface area (TPSA) is 0 Å². The van der Waals surface area contributed by atoms with E-state index >= 15 is 0 Å². The molecule has 0 nitrogen and oxygen atoms in total. The molecule has 0 amide bonds. The molecule has 0 heteroatoms. The van der Waals surface area contributed by atoms with Crippen molar-refractivity contribution in [2.75, 3.05) is 0 Å². The van der Waals surface area contributed by atoms with Gasteiger partial charge in [-0.25, -0.2) is 0 Å². The predicted octanol–water partition coefficient (Wildman–Crippen LogP) is 12.0. The Morgan fingerprint density at radius 2 is 1.00 bits per heavy atom. The fourth-order valence-corrected chi connectivity index (χ4v) is 8.31. The van der Waals surface area contributed by atoms with E-state index in [0.29, 0.717) is 0 Å². The van der Waals surface area contributed by atoms with Gasteiger partial charge in [-0.15, -0.1) is 0 Å². The maximum atomic E-state index is 2.48. The van der Waals surface area contributed by atoms with E-state index in [1.165, 1.54) is 98.0 Å². The Morgan fingerprint density at radius 3 is 1.84 bits per heavy atom. The fraction of sp³-hybridized carbons (Fsp3) is 0.0698. The van der Waals surface area contributed by atoms with Gasteiger partial charge in [0.2, 0.25) is 0 Å². The molecule has 0 saturated carbocycles. The van der Waals surface area contributed by atoms with Gasteiger partial charge >= 0.3 is 0 Å². The first-order chi connectivity index (χ1) is 21.1. The molecular formula is C43H28. The Kier molecular flexibility index (Phi) is 4.35. The van der Waals surface area contributed by atoms with E-state index in [9.17, 15) is 0 Å². The zero-order valence-electron chi connectivity index (χ0n) is 24.2. The summed E-state index contributed by atoms with van der Waals surface area (Å²) in [4.78, 5) is 0. The summed E-state index contributed by atoms with van der Waals surface area (Å²) < 4.78 is 0. The fourth-order valence-electron chi connectivity index (χ4n) is 8.31. The zero-order chi connectivity index (χ0) is 28.4. The monoisotopic (exact) mass is 544 g/mol. The van der Waals surface area contributed by atoms with Crippen molar-refractivity contribution < 1.29 is 0 Å². The van der Waals surface area contributed by atoms with Crippen LogP contribution in [0.1, 0.15) is 25.0 Å². The molecule has 1 aliphatic rings. The highest BCUT2D eigenvalue weighted by Crippen LogP contribution is 2.50. The molecule has 43 heavy (non-hydrogen) atoms. The molecule has 0 aromatic heterocycles. The molecule has 0 heterocycles. The smallest absolute Gasteiger partial charge is 0.0159 e. The predicted molar refractivity (Wildman–Crippen MR) is 186 cm³/mol. The second kappa shape index (κ2) is 8.00. The molecule has 10 rings (SSSR count). The van der Waals surface area contributed by atoms with E-state index in [4.69, 9.17) is 0 Å². The largest absolute Gasteiger partial charge is 0.0619 e. The summed E-state index contributed by atoms with van der Waals surface area (Å²) in [7, 11) is 0. The normalized spacial score (nSPS) is 14.0. The summed E-state index contributed by atoms with van der Waals surface area (Å²) >= 11 is 0. The van der Waals surface area contributed by atoms with Gasteiger partial charge in [0.05, 0.1) is 0 Å². The Bertz CT molecular complexity index is 2580. The Balaban J connectivity index is 1.25. The highest BCUT2D eigenvalue weighted by Gasteiger charge is 2.35. The number of rotatable bonds is 1. The van der Waals surface area contributed by atoms with Crippen LogP contribution in [0.3, 0.4) is 0 Å². The Hall–Kier alpha value is -5.20. The molecular weight excluding hydrogens is 516 g/mol. The summed E-state index contributed by atoms with van der Waals surface area (Å²) in [5.74, 6) is 0. The minimum Gasteiger partial charge on any atom is -0.0619 e. The van der Waals surface area contributed by atoms with Crippen LogP contribution in [0.5, 0.6) is 0 Å². The second-order valence-electron chi connectivity index (χ2n) is 12.9. The van der Waals surface area contributed by atoms with E-state index < -0.39 is 0 Å². The molecule has 0 spiro atoms. The molecule has 0 fully saturated rings. The van der Waals surface area contributed by atoms with Gasteiger partial charge < -0.3 is 0 Å². The van der Waals surface area contributed by atoms with Crippen LogP contribution < -0.4 is 0 Å². The molecule has 0 N–H and O–H groups in total. The van der Waals surface area contributed by atoms with Crippen LogP contribution in [0.4, 0.5) is 0 Å². The van der Waals surface area contributed by atoms with Crippen LogP contribution in [0.15, 0.2) is 133 Å². The first-order valence-corrected chi connectivity index (χ1v) is 15.3. The summed E-state index contributed by atoms with van der Waals surface area (Å²) in [5, 5.41) is 15.9. The van der Waals surface area contributed by atoms with Crippen molar-refractivity contribution >= 4 is 64.6 Å². The van der Waals surface area contributed by atoms with Crippen LogP contribution in [0.2, 0.25) is 0 Å². The third kappa shape index (κ3) is 2.96. The van der Waals surface area contributed by atoms with Crippen molar-refractivity contribution in [2.24, 2.45) is 0 Å². The van der Waals surface area contributed by atoms with Crippen molar-refractivity contribution in [2.45, 2.75) is 19.3 Å². The maximum absolute atomic E-state index is 2.48. The lowest BCUT2D eigenvalue weighted by atomic mass is 9.81. The van der Waals surface area contributed by atoms with Crippen molar-refractivity contribution in [1.82, 2.24) is 0 Å². The van der Waals surface area contributed by atoms with Gasteiger partial charge in [0, 0.05) is 5.41 Å². The van der Waals surface area contributed by atoms with Crippen molar-refractivity contribution in [1.29, 1.82) is 0 Å². The molecule has 9 aromatic rings. The van der Waals surface area contributed by atoms with E-state index in [1.54, 1.807) is 0 Å². The van der Waals surface area contributed by atoms with Crippen LogP contribution >= 0.6 is 0 Å². The lowest BCUT2D eigenvalue weighted by molar-refractivity contribution is 0.661. The van der Waals surface area contributed by atoms with E-state index in [1.807, 2.05) is 0 Å². The van der Waals surface area contributed by atoms with Crippen molar-refractivity contribution in [3.8, 4) is 22.3 Å². The molecule has 0 aliphatic heterocycles. The summed E-state index contributed by atoms with van der Waals surface area (Å²) in [5.41, 5.74) is 8.14. The summed E-state index contributed by atoms with van der Waals surface area (Å²) in [6.45, 7) is 4.74. The highest BCUT2D eigenvalue weighted by molar-refractivity contribution is 6.34. The van der Waals surface area contributed by atoms with E-state index in [2.05, 4.69) is 147 Å². The molecule has 0 unspecified atom stereocenters. The average molecular weight is 545 g/mol. The van der Waals surface area contributed by atoms with Gasteiger partial charge in [0.15, 0.2) is 0 Å². The highest BCUT2D eigenvalue weighted by atomic mass is 14.4. The summed E-state index contributed by atoms with van der Waals surface area (Å²) in [6.07, 6.45) is 0. The lowest BCUT2D eigenvalue weighted by Gasteiger charge is -2.22. The number of fused-ring (bicyclic) bond motifs is 8. The third-order valence-corrected chi connectivity index (χ3v) is 10.4. The average Bonchev–Trinajstić information content (AvgIpc) is 3.27. The van der Waals surface area contributed by atoms with Crippen LogP contribution in [0.25, 0.3) is 86.9 Å². The molecule has 1 aliphatic carbocycles. The quantitative estimate of drug-likeness (QED) is 0.142. The number of hydrogen-bond acceptors (Lipinski definition) is 0. The SMILES string of the molecule is CC1(C)c2ccccc2-c2cc3ccc4ccc(-c5ccc6c7cccc8cccc(c9cccc5c96)c87)cc4c3cc21. The number of hydrogen-bond donors (Lipinski definition) is 0. The van der Waals surface area contributed by atoms with Crippen LogP contribution in [-0.2, 0) is 5.41 Å². The van der Waals surface area contributed by atoms with Crippen LogP contribution in [-0.4, -0.2) is 0 Å². The first-order valence-electron chi connectivity index (χ1n) is 15.3. The Labute approximate surface area is 250 Å². The summed E-state index contributed by atoms with van der Waals surface area (Å²) in [6, 6.07) is 50.4. The first kappa shape index (κ1) is 23.4. The molecule has 200 valence electrons. The molecule has 0 saturated heterocycles.